The van der Waals surface area contributed by atoms with Crippen LogP contribution in [0.5, 0.6) is 11.5 Å². The summed E-state index contributed by atoms with van der Waals surface area (Å²) in [6.07, 6.45) is 7.05. The van der Waals surface area contributed by atoms with E-state index >= 15 is 0 Å². The van der Waals surface area contributed by atoms with Crippen LogP contribution in [0, 0.1) is 0 Å². The molecule has 1 saturated carbocycles. The van der Waals surface area contributed by atoms with Gasteiger partial charge in [-0.05, 0) is 43.4 Å². The van der Waals surface area contributed by atoms with Crippen molar-refractivity contribution in [2.24, 2.45) is 0 Å². The molecule has 6 heteroatoms. The lowest BCUT2D eigenvalue weighted by molar-refractivity contribution is -0.116. The van der Waals surface area contributed by atoms with Crippen molar-refractivity contribution in [1.29, 1.82) is 0 Å². The van der Waals surface area contributed by atoms with Gasteiger partial charge < -0.3 is 14.8 Å². The lowest BCUT2D eigenvalue weighted by Gasteiger charge is -2.24. The molecule has 4 rings (SSSR count). The number of aromatic amines is 1. The van der Waals surface area contributed by atoms with Crippen molar-refractivity contribution in [1.82, 2.24) is 10.2 Å². The van der Waals surface area contributed by atoms with Crippen molar-refractivity contribution >= 4 is 11.7 Å². The van der Waals surface area contributed by atoms with Crippen LogP contribution < -0.4 is 14.8 Å². The number of amides is 1. The number of anilines is 1. The van der Waals surface area contributed by atoms with Crippen LogP contribution in [0.1, 0.15) is 49.1 Å². The molecule has 0 radical (unpaired) electrons. The van der Waals surface area contributed by atoms with E-state index in [1.165, 1.54) is 12.8 Å². The van der Waals surface area contributed by atoms with Gasteiger partial charge in [-0.3, -0.25) is 9.89 Å². The maximum Gasteiger partial charge on any atom is 0.226 e. The number of methoxy groups -OCH3 is 1. The fourth-order valence-corrected chi connectivity index (χ4v) is 3.63. The summed E-state index contributed by atoms with van der Waals surface area (Å²) in [7, 11) is 1.65. The van der Waals surface area contributed by atoms with Gasteiger partial charge in [-0.25, -0.2) is 0 Å². The van der Waals surface area contributed by atoms with Crippen LogP contribution in [0.2, 0.25) is 0 Å². The molecule has 1 aromatic carbocycles. The molecule has 2 aromatic rings. The number of carbonyl (C=O) groups is 1. The zero-order valence-electron chi connectivity index (χ0n) is 13.7. The molecule has 2 heterocycles. The maximum atomic E-state index is 12.0. The first kappa shape index (κ1) is 15.1. The van der Waals surface area contributed by atoms with E-state index in [0.717, 1.165) is 35.5 Å². The molecule has 1 amide bonds. The quantitative estimate of drug-likeness (QED) is 0.904. The van der Waals surface area contributed by atoms with Crippen LogP contribution in [-0.4, -0.2) is 29.3 Å². The largest absolute Gasteiger partial charge is 0.493 e. The van der Waals surface area contributed by atoms with Crippen LogP contribution >= 0.6 is 0 Å². The molecule has 0 saturated heterocycles. The minimum Gasteiger partial charge on any atom is -0.493 e. The number of aromatic nitrogens is 2. The highest BCUT2D eigenvalue weighted by molar-refractivity contribution is 5.94. The zero-order valence-corrected chi connectivity index (χ0v) is 13.7. The molecule has 1 atom stereocenters. The summed E-state index contributed by atoms with van der Waals surface area (Å²) in [5, 5.41) is 9.73. The lowest BCUT2D eigenvalue weighted by atomic mass is 9.87. The van der Waals surface area contributed by atoms with Crippen molar-refractivity contribution in [2.45, 2.75) is 44.1 Å². The monoisotopic (exact) mass is 327 g/mol. The number of nitrogens with one attached hydrogen (secondary N) is 2. The number of nitrogens with zero attached hydrogens (tertiary/aromatic N) is 1. The third kappa shape index (κ3) is 2.72. The molecular formula is C18H21N3O3. The molecule has 24 heavy (non-hydrogen) atoms. The Morgan fingerprint density at radius 3 is 2.83 bits per heavy atom. The SMILES string of the molecule is COc1ccc([C@@H]2CC(=O)Nc3[nH]ncc32)cc1OC1CCCC1. The van der Waals surface area contributed by atoms with Gasteiger partial charge in [-0.1, -0.05) is 6.07 Å². The van der Waals surface area contributed by atoms with Gasteiger partial charge >= 0.3 is 0 Å². The van der Waals surface area contributed by atoms with E-state index < -0.39 is 0 Å². The summed E-state index contributed by atoms with van der Waals surface area (Å²) in [4.78, 5) is 12.0. The van der Waals surface area contributed by atoms with Gasteiger partial charge in [0.05, 0.1) is 19.4 Å². The molecule has 2 N–H and O–H groups in total. The Hall–Kier alpha value is -2.50. The summed E-state index contributed by atoms with van der Waals surface area (Å²) in [5.74, 6) is 2.15. The minimum absolute atomic E-state index is 0.00849. The normalized spacial score (nSPS) is 20.5. The molecule has 1 aliphatic carbocycles. The fourth-order valence-electron chi connectivity index (χ4n) is 3.63. The maximum absolute atomic E-state index is 12.0. The standard InChI is InChI=1S/C18H21N3O3/c1-23-15-7-6-11(8-16(15)24-12-4-2-3-5-12)13-9-17(22)20-18-14(13)10-19-21-18/h6-8,10,12-13H,2-5,9H2,1H3,(H2,19,20,21,22)/t13-/m0/s1. The molecule has 0 unspecified atom stereocenters. The molecule has 1 fully saturated rings. The van der Waals surface area contributed by atoms with Gasteiger partial charge in [0.25, 0.3) is 0 Å². The average molecular weight is 327 g/mol. The van der Waals surface area contributed by atoms with Crippen LogP contribution in [0.15, 0.2) is 24.4 Å². The fraction of sp³-hybridized carbons (Fsp3) is 0.444. The number of carbonyl (C=O) groups excluding carboxylic acids is 1. The Labute approximate surface area is 140 Å². The first-order valence-corrected chi connectivity index (χ1v) is 8.42. The summed E-state index contributed by atoms with van der Waals surface area (Å²) in [5.41, 5.74) is 2.05. The number of ether oxygens (including phenoxy) is 2. The van der Waals surface area contributed by atoms with E-state index in [1.54, 1.807) is 13.3 Å². The highest BCUT2D eigenvalue weighted by Gasteiger charge is 2.29. The summed E-state index contributed by atoms with van der Waals surface area (Å²) >= 11 is 0. The van der Waals surface area contributed by atoms with Gasteiger partial charge in [0.1, 0.15) is 5.82 Å². The number of hydrogen-bond donors (Lipinski definition) is 2. The molecule has 1 aliphatic heterocycles. The van der Waals surface area contributed by atoms with Crippen molar-refractivity contribution in [3.63, 3.8) is 0 Å². The first-order chi connectivity index (χ1) is 11.7. The Balaban J connectivity index is 1.67. The van der Waals surface area contributed by atoms with Gasteiger partial charge in [-0.2, -0.15) is 5.10 Å². The summed E-state index contributed by atoms with van der Waals surface area (Å²) in [6.45, 7) is 0. The molecule has 0 bridgehead atoms. The predicted octanol–water partition coefficient (Wildman–Crippen LogP) is 3.21. The van der Waals surface area contributed by atoms with Crippen LogP contribution in [-0.2, 0) is 4.79 Å². The Kier molecular flexibility index (Phi) is 3.88. The summed E-state index contributed by atoms with van der Waals surface area (Å²) < 4.78 is 11.6. The highest BCUT2D eigenvalue weighted by Crippen LogP contribution is 2.40. The van der Waals surface area contributed by atoms with Gasteiger partial charge in [0, 0.05) is 17.9 Å². The van der Waals surface area contributed by atoms with Crippen LogP contribution in [0.4, 0.5) is 5.82 Å². The molecule has 0 spiro atoms. The molecule has 2 aliphatic rings. The third-order valence-electron chi connectivity index (χ3n) is 4.88. The van der Waals surface area contributed by atoms with Gasteiger partial charge in [0.15, 0.2) is 11.5 Å². The molecular weight excluding hydrogens is 306 g/mol. The summed E-state index contributed by atoms with van der Waals surface area (Å²) in [6, 6.07) is 5.93. The topological polar surface area (TPSA) is 76.2 Å². The number of hydrogen-bond acceptors (Lipinski definition) is 4. The van der Waals surface area contributed by atoms with E-state index in [-0.39, 0.29) is 17.9 Å². The zero-order chi connectivity index (χ0) is 16.5. The van der Waals surface area contributed by atoms with Crippen molar-refractivity contribution in [2.75, 3.05) is 12.4 Å². The number of H-pyrrole nitrogens is 1. The lowest BCUT2D eigenvalue weighted by Crippen LogP contribution is -2.23. The van der Waals surface area contributed by atoms with E-state index in [2.05, 4.69) is 15.5 Å². The second-order valence-corrected chi connectivity index (χ2v) is 6.44. The number of rotatable bonds is 4. The third-order valence-corrected chi connectivity index (χ3v) is 4.88. The molecule has 6 nitrogen and oxygen atoms in total. The first-order valence-electron chi connectivity index (χ1n) is 8.42. The Bertz CT molecular complexity index is 750. The van der Waals surface area contributed by atoms with E-state index in [0.29, 0.717) is 12.2 Å². The second-order valence-electron chi connectivity index (χ2n) is 6.44. The van der Waals surface area contributed by atoms with E-state index in [4.69, 9.17) is 9.47 Å². The predicted molar refractivity (Wildman–Crippen MR) is 89.6 cm³/mol. The molecule has 1 aromatic heterocycles. The van der Waals surface area contributed by atoms with E-state index in [9.17, 15) is 4.79 Å². The van der Waals surface area contributed by atoms with Crippen molar-refractivity contribution in [3.8, 4) is 11.5 Å². The van der Waals surface area contributed by atoms with Crippen LogP contribution in [0.25, 0.3) is 0 Å². The molecule has 126 valence electrons. The van der Waals surface area contributed by atoms with Crippen molar-refractivity contribution < 1.29 is 14.3 Å². The number of fused-ring (bicyclic) bond motifs is 1. The number of benzene rings is 1. The van der Waals surface area contributed by atoms with Crippen molar-refractivity contribution in [3.05, 3.63) is 35.5 Å². The van der Waals surface area contributed by atoms with Gasteiger partial charge in [0.2, 0.25) is 5.91 Å². The average Bonchev–Trinajstić information content (AvgIpc) is 3.25. The second kappa shape index (κ2) is 6.19. The van der Waals surface area contributed by atoms with Gasteiger partial charge in [-0.15, -0.1) is 0 Å². The highest BCUT2D eigenvalue weighted by atomic mass is 16.5. The minimum atomic E-state index is -0.0238. The van der Waals surface area contributed by atoms with Crippen LogP contribution in [0.3, 0.4) is 0 Å². The Morgan fingerprint density at radius 2 is 2.04 bits per heavy atom. The smallest absolute Gasteiger partial charge is 0.226 e. The van der Waals surface area contributed by atoms with E-state index in [1.807, 2.05) is 18.2 Å². The Morgan fingerprint density at radius 1 is 1.21 bits per heavy atom.